The summed E-state index contributed by atoms with van der Waals surface area (Å²) in [5.74, 6) is -0.0858. The minimum atomic E-state index is -3.40. The Hall–Kier alpha value is -3.99. The molecule has 33 heavy (non-hydrogen) atoms. The second-order valence-electron chi connectivity index (χ2n) is 7.37. The van der Waals surface area contributed by atoms with E-state index in [-0.39, 0.29) is 40.2 Å². The Morgan fingerprint density at radius 3 is 2.79 bits per heavy atom. The van der Waals surface area contributed by atoms with Gasteiger partial charge in [-0.2, -0.15) is 4.98 Å². The molecular weight excluding hydrogens is 447 g/mol. The molecule has 5 rings (SSSR count). The molecule has 0 unspecified atom stereocenters. The van der Waals surface area contributed by atoms with Gasteiger partial charge in [0, 0.05) is 24.4 Å². The predicted molar refractivity (Wildman–Crippen MR) is 118 cm³/mol. The summed E-state index contributed by atoms with van der Waals surface area (Å²) in [6.45, 7) is 0. The van der Waals surface area contributed by atoms with Crippen LogP contribution in [0.5, 0.6) is 0 Å². The highest BCUT2D eigenvalue weighted by molar-refractivity contribution is 7.90. The summed E-state index contributed by atoms with van der Waals surface area (Å²) in [6.07, 6.45) is 7.12. The molecular formula is C22H17FN6O3S. The van der Waals surface area contributed by atoms with Crippen LogP contribution in [-0.2, 0) is 9.84 Å². The maximum Gasteiger partial charge on any atom is 0.281 e. The lowest BCUT2D eigenvalue weighted by atomic mass is 10.1. The van der Waals surface area contributed by atoms with Crippen molar-refractivity contribution in [1.82, 2.24) is 30.1 Å². The van der Waals surface area contributed by atoms with Crippen LogP contribution in [0.3, 0.4) is 0 Å². The van der Waals surface area contributed by atoms with E-state index in [0.717, 1.165) is 6.26 Å². The van der Waals surface area contributed by atoms with Crippen molar-refractivity contribution in [3.05, 3.63) is 66.6 Å². The van der Waals surface area contributed by atoms with Crippen LogP contribution < -0.4 is 0 Å². The molecule has 1 aliphatic rings. The van der Waals surface area contributed by atoms with Crippen molar-refractivity contribution in [2.45, 2.75) is 17.7 Å². The molecule has 1 aromatic carbocycles. The molecule has 0 spiro atoms. The van der Waals surface area contributed by atoms with Crippen molar-refractivity contribution < 1.29 is 17.3 Å². The summed E-state index contributed by atoms with van der Waals surface area (Å²) < 4.78 is 45.2. The summed E-state index contributed by atoms with van der Waals surface area (Å²) in [6, 6.07) is 11.5. The third kappa shape index (κ3) is 3.98. The maximum atomic E-state index is 14.6. The molecule has 0 saturated heterocycles. The van der Waals surface area contributed by atoms with E-state index in [4.69, 9.17) is 4.52 Å². The van der Waals surface area contributed by atoms with Crippen LogP contribution in [0.1, 0.15) is 12.8 Å². The Bertz CT molecular complexity index is 1510. The molecule has 11 heteroatoms. The first-order valence-electron chi connectivity index (χ1n) is 9.99. The first-order valence-corrected chi connectivity index (χ1v) is 11.9. The van der Waals surface area contributed by atoms with Crippen LogP contribution in [0.15, 0.2) is 76.1 Å². The van der Waals surface area contributed by atoms with Gasteiger partial charge >= 0.3 is 0 Å². The first-order chi connectivity index (χ1) is 15.9. The first kappa shape index (κ1) is 20.9. The van der Waals surface area contributed by atoms with E-state index >= 15 is 0 Å². The molecule has 0 saturated carbocycles. The van der Waals surface area contributed by atoms with E-state index in [1.165, 1.54) is 16.8 Å². The fourth-order valence-corrected chi connectivity index (χ4v) is 4.11. The second-order valence-corrected chi connectivity index (χ2v) is 9.38. The van der Waals surface area contributed by atoms with Crippen molar-refractivity contribution in [3.8, 4) is 34.4 Å². The van der Waals surface area contributed by atoms with E-state index in [2.05, 4.69) is 25.4 Å². The number of sulfone groups is 1. The van der Waals surface area contributed by atoms with Crippen LogP contribution in [0.25, 0.3) is 40.1 Å². The number of aromatic nitrogens is 6. The molecule has 0 aliphatic heterocycles. The number of allylic oxidation sites excluding steroid dienone is 4. The van der Waals surface area contributed by atoms with Gasteiger partial charge in [-0.05, 0) is 36.8 Å². The Kier molecular flexibility index (Phi) is 5.17. The van der Waals surface area contributed by atoms with E-state index < -0.39 is 9.84 Å². The lowest BCUT2D eigenvalue weighted by molar-refractivity contribution is 0.431. The molecule has 1 aliphatic carbocycles. The maximum absolute atomic E-state index is 14.6. The van der Waals surface area contributed by atoms with Gasteiger partial charge in [-0.3, -0.25) is 4.98 Å². The lowest BCUT2D eigenvalue weighted by Gasteiger charge is -2.12. The van der Waals surface area contributed by atoms with Crippen molar-refractivity contribution in [2.24, 2.45) is 0 Å². The topological polar surface area (TPSA) is 117 Å². The third-order valence-electron chi connectivity index (χ3n) is 5.04. The van der Waals surface area contributed by atoms with Gasteiger partial charge in [-0.15, -0.1) is 5.10 Å². The highest BCUT2D eigenvalue weighted by Gasteiger charge is 2.26. The van der Waals surface area contributed by atoms with E-state index in [1.54, 1.807) is 42.6 Å². The molecule has 0 amide bonds. The van der Waals surface area contributed by atoms with Crippen molar-refractivity contribution in [2.75, 3.05) is 6.26 Å². The highest BCUT2D eigenvalue weighted by Crippen LogP contribution is 2.34. The number of halogens is 1. The van der Waals surface area contributed by atoms with Gasteiger partial charge < -0.3 is 4.52 Å². The summed E-state index contributed by atoms with van der Waals surface area (Å²) in [5.41, 5.74) is 1.85. The van der Waals surface area contributed by atoms with Gasteiger partial charge in [0.2, 0.25) is 5.82 Å². The van der Waals surface area contributed by atoms with Gasteiger partial charge in [0.1, 0.15) is 11.5 Å². The summed E-state index contributed by atoms with van der Waals surface area (Å²) in [5, 5.41) is 12.3. The zero-order chi connectivity index (χ0) is 23.0. The molecule has 3 heterocycles. The smallest absolute Gasteiger partial charge is 0.281 e. The van der Waals surface area contributed by atoms with Crippen LogP contribution in [0.2, 0.25) is 0 Å². The average Bonchev–Trinajstić information content (AvgIpc) is 3.47. The molecule has 4 aromatic rings. The van der Waals surface area contributed by atoms with Crippen molar-refractivity contribution >= 4 is 15.5 Å². The SMILES string of the molecule is CS(=O)(=O)c1cccc(-c2noc(-c3nnn(C4=C(F)CCC=C4)c3-c3ccccn3)n2)c1. The molecule has 0 radical (unpaired) electrons. The minimum Gasteiger partial charge on any atom is -0.332 e. The number of nitrogens with zero attached hydrogens (tertiary/aromatic N) is 6. The highest BCUT2D eigenvalue weighted by atomic mass is 32.2. The number of benzene rings is 1. The quantitative estimate of drug-likeness (QED) is 0.436. The van der Waals surface area contributed by atoms with Crippen molar-refractivity contribution in [3.63, 3.8) is 0 Å². The molecule has 0 bridgehead atoms. The van der Waals surface area contributed by atoms with Crippen LogP contribution in [0.4, 0.5) is 4.39 Å². The van der Waals surface area contributed by atoms with Crippen LogP contribution in [-0.4, -0.2) is 44.8 Å². The Morgan fingerprint density at radius 2 is 2.03 bits per heavy atom. The fourth-order valence-electron chi connectivity index (χ4n) is 3.44. The van der Waals surface area contributed by atoms with E-state index in [9.17, 15) is 12.8 Å². The zero-order valence-electron chi connectivity index (χ0n) is 17.4. The molecule has 3 aromatic heterocycles. The van der Waals surface area contributed by atoms with Gasteiger partial charge in [0.25, 0.3) is 5.89 Å². The Morgan fingerprint density at radius 1 is 1.15 bits per heavy atom. The minimum absolute atomic E-state index is 0.0439. The fraction of sp³-hybridized carbons (Fsp3) is 0.136. The standard InChI is InChI=1S/C22H17FN6O3S/c1-33(30,31)15-8-6-7-14(13-15)21-25-22(32-27-21)19-20(17-10-4-5-12-24-17)29(28-26-19)18-11-3-2-9-16(18)23/h3-8,10-13H,2,9H2,1H3. The summed E-state index contributed by atoms with van der Waals surface area (Å²) >= 11 is 0. The molecule has 0 N–H and O–H groups in total. The number of hydrogen-bond donors (Lipinski definition) is 0. The summed E-state index contributed by atoms with van der Waals surface area (Å²) in [7, 11) is -3.40. The van der Waals surface area contributed by atoms with Gasteiger partial charge in [0.05, 0.1) is 16.3 Å². The van der Waals surface area contributed by atoms with Crippen LogP contribution in [0, 0.1) is 0 Å². The number of hydrogen-bond acceptors (Lipinski definition) is 8. The van der Waals surface area contributed by atoms with Crippen LogP contribution >= 0.6 is 0 Å². The zero-order valence-corrected chi connectivity index (χ0v) is 18.2. The van der Waals surface area contributed by atoms with E-state index in [1.807, 2.05) is 6.08 Å². The summed E-state index contributed by atoms with van der Waals surface area (Å²) in [4.78, 5) is 8.90. The van der Waals surface area contributed by atoms with Crippen molar-refractivity contribution in [1.29, 1.82) is 0 Å². The van der Waals surface area contributed by atoms with E-state index in [0.29, 0.717) is 23.4 Å². The monoisotopic (exact) mass is 464 g/mol. The lowest BCUT2D eigenvalue weighted by Crippen LogP contribution is -2.05. The molecule has 166 valence electrons. The van der Waals surface area contributed by atoms with Gasteiger partial charge in [-0.1, -0.05) is 34.6 Å². The van der Waals surface area contributed by atoms with Gasteiger partial charge in [0.15, 0.2) is 15.5 Å². The Balaban J connectivity index is 1.63. The predicted octanol–water partition coefficient (Wildman–Crippen LogP) is 3.95. The number of rotatable bonds is 5. The number of pyridine rings is 1. The normalized spacial score (nSPS) is 14.1. The third-order valence-corrected chi connectivity index (χ3v) is 6.15. The molecule has 0 atom stereocenters. The van der Waals surface area contributed by atoms with Gasteiger partial charge in [-0.25, -0.2) is 17.5 Å². The average molecular weight is 464 g/mol. The largest absolute Gasteiger partial charge is 0.332 e. The second kappa shape index (κ2) is 8.17. The Labute approximate surface area is 188 Å². The molecule has 9 nitrogen and oxygen atoms in total. The molecule has 0 fully saturated rings.